The van der Waals surface area contributed by atoms with Crippen LogP contribution >= 0.6 is 0 Å². The lowest BCUT2D eigenvalue weighted by Crippen LogP contribution is -2.37. The molecular formula is C18H22N2O4. The van der Waals surface area contributed by atoms with Gasteiger partial charge < -0.3 is 19.3 Å². The predicted molar refractivity (Wildman–Crippen MR) is 86.5 cm³/mol. The molecule has 1 aromatic rings. The summed E-state index contributed by atoms with van der Waals surface area (Å²) in [6.07, 6.45) is 2.09. The molecule has 0 N–H and O–H groups in total. The van der Waals surface area contributed by atoms with Gasteiger partial charge in [0.25, 0.3) is 5.91 Å². The molecule has 2 fully saturated rings. The second-order valence-corrected chi connectivity index (χ2v) is 6.99. The number of carbonyl (C=O) groups excluding carboxylic acids is 2. The second kappa shape index (κ2) is 5.77. The minimum absolute atomic E-state index is 0.0621. The van der Waals surface area contributed by atoms with Crippen molar-refractivity contribution in [3.8, 4) is 0 Å². The maximum Gasteiger partial charge on any atom is 0.410 e. The summed E-state index contributed by atoms with van der Waals surface area (Å²) in [5.41, 5.74) is 2.45. The highest BCUT2D eigenvalue weighted by Crippen LogP contribution is 2.33. The monoisotopic (exact) mass is 330 g/mol. The van der Waals surface area contributed by atoms with Gasteiger partial charge in [-0.1, -0.05) is 12.1 Å². The lowest BCUT2D eigenvalue weighted by molar-refractivity contribution is 0.0438. The van der Waals surface area contributed by atoms with Crippen molar-refractivity contribution in [2.45, 2.75) is 38.1 Å². The quantitative estimate of drug-likeness (QED) is 0.792. The van der Waals surface area contributed by atoms with Crippen LogP contribution in [0.1, 0.15) is 40.7 Å². The van der Waals surface area contributed by atoms with Crippen LogP contribution in [0.15, 0.2) is 18.2 Å². The number of hydrogen-bond acceptors (Lipinski definition) is 4. The van der Waals surface area contributed by atoms with Crippen molar-refractivity contribution in [1.29, 1.82) is 0 Å². The highest BCUT2D eigenvalue weighted by Gasteiger charge is 2.44. The molecule has 0 radical (unpaired) electrons. The van der Waals surface area contributed by atoms with E-state index in [1.54, 1.807) is 11.9 Å². The van der Waals surface area contributed by atoms with Gasteiger partial charge in [0.05, 0.1) is 19.8 Å². The number of amides is 2. The van der Waals surface area contributed by atoms with E-state index in [1.165, 1.54) is 0 Å². The van der Waals surface area contributed by atoms with E-state index >= 15 is 0 Å². The van der Waals surface area contributed by atoms with E-state index in [9.17, 15) is 9.59 Å². The highest BCUT2D eigenvalue weighted by molar-refractivity contribution is 5.96. The topological polar surface area (TPSA) is 59.1 Å². The van der Waals surface area contributed by atoms with Gasteiger partial charge in [0.15, 0.2) is 0 Å². The number of nitrogens with zero attached hydrogens (tertiary/aromatic N) is 2. The van der Waals surface area contributed by atoms with E-state index in [0.29, 0.717) is 39.3 Å². The molecule has 3 aliphatic rings. The maximum absolute atomic E-state index is 13.0. The van der Waals surface area contributed by atoms with Gasteiger partial charge in [-0.25, -0.2) is 4.79 Å². The summed E-state index contributed by atoms with van der Waals surface area (Å²) in [6.45, 7) is 3.03. The normalized spacial score (nSPS) is 26.5. The Morgan fingerprint density at radius 1 is 1.21 bits per heavy atom. The number of likely N-dealkylation sites (N-methyl/N-ethyl adjacent to an activating group) is 1. The Labute approximate surface area is 141 Å². The molecule has 0 saturated carbocycles. The molecule has 1 unspecified atom stereocenters. The molecule has 0 bridgehead atoms. The van der Waals surface area contributed by atoms with Gasteiger partial charge in [-0.3, -0.25) is 4.79 Å². The van der Waals surface area contributed by atoms with Crippen molar-refractivity contribution in [2.75, 3.05) is 26.7 Å². The molecular weight excluding hydrogens is 308 g/mol. The van der Waals surface area contributed by atoms with Crippen molar-refractivity contribution in [1.82, 2.24) is 9.80 Å². The molecule has 0 aliphatic carbocycles. The number of fused-ring (bicyclic) bond motifs is 1. The van der Waals surface area contributed by atoms with Crippen LogP contribution in [-0.2, 0) is 22.7 Å². The Morgan fingerprint density at radius 3 is 2.88 bits per heavy atom. The van der Waals surface area contributed by atoms with Crippen molar-refractivity contribution in [2.24, 2.45) is 0 Å². The summed E-state index contributed by atoms with van der Waals surface area (Å²) < 4.78 is 11.1. The van der Waals surface area contributed by atoms with Crippen LogP contribution in [0.2, 0.25) is 0 Å². The summed E-state index contributed by atoms with van der Waals surface area (Å²) in [6, 6.07) is 5.83. The van der Waals surface area contributed by atoms with Crippen molar-refractivity contribution < 1.29 is 19.1 Å². The Kier molecular flexibility index (Phi) is 3.72. The molecule has 1 atom stereocenters. The Hall–Kier alpha value is -2.08. The molecule has 24 heavy (non-hydrogen) atoms. The van der Waals surface area contributed by atoms with Crippen LogP contribution in [0.3, 0.4) is 0 Å². The average Bonchev–Trinajstić information content (AvgIpc) is 3.08. The van der Waals surface area contributed by atoms with Crippen LogP contribution in [0.25, 0.3) is 0 Å². The lowest BCUT2D eigenvalue weighted by Gasteiger charge is -2.25. The number of carbonyl (C=O) groups is 2. The molecule has 1 spiro atoms. The summed E-state index contributed by atoms with van der Waals surface area (Å²) in [4.78, 5) is 28.3. The number of ether oxygens (including phenoxy) is 2. The molecule has 4 rings (SSSR count). The zero-order chi connectivity index (χ0) is 16.7. The molecule has 2 amide bonds. The first-order valence-corrected chi connectivity index (χ1v) is 8.50. The highest BCUT2D eigenvalue weighted by atomic mass is 16.6. The van der Waals surface area contributed by atoms with Crippen molar-refractivity contribution in [3.63, 3.8) is 0 Å². The fraction of sp³-hybridized carbons (Fsp3) is 0.556. The minimum Gasteiger partial charge on any atom is -0.441 e. The van der Waals surface area contributed by atoms with Crippen LogP contribution < -0.4 is 0 Å². The lowest BCUT2D eigenvalue weighted by atomic mass is 9.95. The largest absolute Gasteiger partial charge is 0.441 e. The fourth-order valence-electron chi connectivity index (χ4n) is 4.00. The first-order chi connectivity index (χ1) is 11.6. The van der Waals surface area contributed by atoms with Crippen molar-refractivity contribution >= 4 is 12.0 Å². The van der Waals surface area contributed by atoms with Crippen LogP contribution in [0.4, 0.5) is 4.79 Å². The third kappa shape index (κ3) is 2.55. The standard InChI is InChI=1S/C18H22N2O4/c1-19-12-18(24-17(19)22)6-3-8-20(9-7-18)16(21)14-5-2-4-13-10-23-11-15(13)14/h2,4-5H,3,6-12H2,1H3. The van der Waals surface area contributed by atoms with Crippen LogP contribution in [0, 0.1) is 0 Å². The number of likely N-dealkylation sites (tertiary alicyclic amines) is 1. The molecule has 3 aliphatic heterocycles. The number of benzene rings is 1. The third-order valence-electron chi connectivity index (χ3n) is 5.33. The SMILES string of the molecule is CN1CC2(CCCN(C(=O)c3cccc4c3COC4)CC2)OC1=O. The van der Waals surface area contributed by atoms with Gasteiger partial charge >= 0.3 is 6.09 Å². The fourth-order valence-corrected chi connectivity index (χ4v) is 4.00. The Bertz CT molecular complexity index is 690. The zero-order valence-corrected chi connectivity index (χ0v) is 13.9. The smallest absolute Gasteiger partial charge is 0.410 e. The summed E-state index contributed by atoms with van der Waals surface area (Å²) in [5.74, 6) is 0.0621. The van der Waals surface area contributed by atoms with E-state index < -0.39 is 5.60 Å². The molecule has 0 aromatic heterocycles. The number of hydrogen-bond donors (Lipinski definition) is 0. The second-order valence-electron chi connectivity index (χ2n) is 6.99. The van der Waals surface area contributed by atoms with Gasteiger partial charge in [-0.2, -0.15) is 0 Å². The van der Waals surface area contributed by atoms with Crippen molar-refractivity contribution in [3.05, 3.63) is 34.9 Å². The van der Waals surface area contributed by atoms with Gasteiger partial charge in [0.2, 0.25) is 0 Å². The van der Waals surface area contributed by atoms with E-state index in [-0.39, 0.29) is 12.0 Å². The molecule has 2 saturated heterocycles. The molecule has 1 aromatic carbocycles. The van der Waals surface area contributed by atoms with E-state index in [2.05, 4.69) is 0 Å². The zero-order valence-electron chi connectivity index (χ0n) is 13.9. The van der Waals surface area contributed by atoms with E-state index in [0.717, 1.165) is 29.5 Å². The first-order valence-electron chi connectivity index (χ1n) is 8.50. The van der Waals surface area contributed by atoms with Gasteiger partial charge in [-0.15, -0.1) is 0 Å². The molecule has 128 valence electrons. The van der Waals surface area contributed by atoms with E-state index in [4.69, 9.17) is 9.47 Å². The predicted octanol–water partition coefficient (Wildman–Crippen LogP) is 2.16. The van der Waals surface area contributed by atoms with Gasteiger partial charge in [-0.05, 0) is 30.0 Å². The summed E-state index contributed by atoms with van der Waals surface area (Å²) >= 11 is 0. The van der Waals surface area contributed by atoms with Crippen LogP contribution in [-0.4, -0.2) is 54.1 Å². The first kappa shape index (κ1) is 15.4. The summed E-state index contributed by atoms with van der Waals surface area (Å²) in [5, 5.41) is 0. The van der Waals surface area contributed by atoms with E-state index in [1.807, 2.05) is 23.1 Å². The third-order valence-corrected chi connectivity index (χ3v) is 5.33. The Morgan fingerprint density at radius 2 is 2.08 bits per heavy atom. The summed E-state index contributed by atoms with van der Waals surface area (Å²) in [7, 11) is 1.76. The van der Waals surface area contributed by atoms with Gasteiger partial charge in [0, 0.05) is 32.1 Å². The van der Waals surface area contributed by atoms with Crippen LogP contribution in [0.5, 0.6) is 0 Å². The maximum atomic E-state index is 13.0. The molecule has 6 nitrogen and oxygen atoms in total. The minimum atomic E-state index is -0.428. The average molecular weight is 330 g/mol. The van der Waals surface area contributed by atoms with Gasteiger partial charge in [0.1, 0.15) is 5.60 Å². The Balaban J connectivity index is 1.51. The number of rotatable bonds is 1. The molecule has 6 heteroatoms. The molecule has 3 heterocycles.